The van der Waals surface area contributed by atoms with Gasteiger partial charge in [0.1, 0.15) is 5.69 Å². The third-order valence-electron chi connectivity index (χ3n) is 5.05. The van der Waals surface area contributed by atoms with Crippen molar-refractivity contribution >= 4 is 29.3 Å². The van der Waals surface area contributed by atoms with E-state index in [1.807, 2.05) is 0 Å². The first-order valence-corrected chi connectivity index (χ1v) is 10.5. The molecule has 1 saturated carbocycles. The molecule has 0 saturated heterocycles. The lowest BCUT2D eigenvalue weighted by atomic mass is 10.1. The summed E-state index contributed by atoms with van der Waals surface area (Å²) in [4.78, 5) is 29.4. The number of aromatic hydroxyl groups is 1. The lowest BCUT2D eigenvalue weighted by Gasteiger charge is -2.11. The molecule has 4 N–H and O–H groups in total. The van der Waals surface area contributed by atoms with Crippen LogP contribution in [0, 0.1) is 0 Å². The van der Waals surface area contributed by atoms with E-state index in [4.69, 9.17) is 11.6 Å². The molecule has 1 fully saturated rings. The molecule has 1 aliphatic carbocycles. The van der Waals surface area contributed by atoms with Crippen molar-refractivity contribution in [3.8, 4) is 5.88 Å². The summed E-state index contributed by atoms with van der Waals surface area (Å²) in [6.07, 6.45) is 0.198. The smallest absolute Gasteiger partial charge is 0.417 e. The minimum atomic E-state index is -4.58. The van der Waals surface area contributed by atoms with Crippen LogP contribution in [0.25, 0.3) is 11.7 Å². The third-order valence-corrected chi connectivity index (χ3v) is 5.37. The summed E-state index contributed by atoms with van der Waals surface area (Å²) in [6, 6.07) is 3.74. The summed E-state index contributed by atoms with van der Waals surface area (Å²) in [5, 5.41) is 17.1. The van der Waals surface area contributed by atoms with E-state index in [1.54, 1.807) is 0 Å². The number of anilines is 1. The molecule has 0 spiro atoms. The zero-order valence-electron chi connectivity index (χ0n) is 17.2. The van der Waals surface area contributed by atoms with Gasteiger partial charge in [0, 0.05) is 11.8 Å². The van der Waals surface area contributed by atoms with Crippen LogP contribution in [-0.4, -0.2) is 40.7 Å². The Kier molecular flexibility index (Phi) is 5.27. The molecule has 0 unspecified atom stereocenters. The van der Waals surface area contributed by atoms with Crippen LogP contribution in [0.3, 0.4) is 0 Å². The summed E-state index contributed by atoms with van der Waals surface area (Å²) in [5.74, 6) is -0.222. The number of imidazole rings is 1. The van der Waals surface area contributed by atoms with Crippen molar-refractivity contribution in [1.82, 2.24) is 29.5 Å². The molecule has 34 heavy (non-hydrogen) atoms. The molecule has 0 atom stereocenters. The summed E-state index contributed by atoms with van der Waals surface area (Å²) < 4.78 is 40.9. The van der Waals surface area contributed by atoms with E-state index < -0.39 is 17.4 Å². The number of H-pyrrole nitrogens is 2. The van der Waals surface area contributed by atoms with Gasteiger partial charge in [-0.1, -0.05) is 17.7 Å². The Morgan fingerprint density at radius 3 is 2.76 bits per heavy atom. The van der Waals surface area contributed by atoms with Gasteiger partial charge in [0.15, 0.2) is 5.65 Å². The fourth-order valence-corrected chi connectivity index (χ4v) is 3.46. The molecule has 10 nitrogen and oxygen atoms in total. The van der Waals surface area contributed by atoms with Gasteiger partial charge in [0.05, 0.1) is 22.8 Å². The Hall–Kier alpha value is -3.87. The molecule has 1 aliphatic rings. The summed E-state index contributed by atoms with van der Waals surface area (Å²) in [5.41, 5.74) is -0.449. The van der Waals surface area contributed by atoms with Crippen molar-refractivity contribution in [3.05, 3.63) is 67.6 Å². The van der Waals surface area contributed by atoms with Gasteiger partial charge in [-0.3, -0.25) is 4.98 Å². The highest BCUT2D eigenvalue weighted by molar-refractivity contribution is 6.31. The SMILES string of the molecule is O=c1[nH]c(O)c(C=c2cnn3c(=NC4CC4)nc(NCc4ccc(Cl)c(C(F)(F)F)c4)nc23)[nH]1. The first-order chi connectivity index (χ1) is 16.2. The van der Waals surface area contributed by atoms with Crippen LogP contribution in [0.1, 0.15) is 29.7 Å². The normalized spacial score (nSPS) is 15.4. The van der Waals surface area contributed by atoms with Gasteiger partial charge in [-0.05, 0) is 36.6 Å². The number of alkyl halides is 3. The Morgan fingerprint density at radius 2 is 2.09 bits per heavy atom. The molecule has 1 aromatic carbocycles. The largest absolute Gasteiger partial charge is 0.493 e. The molecule has 0 radical (unpaired) electrons. The average Bonchev–Trinajstić information content (AvgIpc) is 3.40. The lowest BCUT2D eigenvalue weighted by molar-refractivity contribution is -0.137. The predicted molar refractivity (Wildman–Crippen MR) is 115 cm³/mol. The van der Waals surface area contributed by atoms with Gasteiger partial charge < -0.3 is 15.4 Å². The maximum Gasteiger partial charge on any atom is 0.417 e. The number of hydrogen-bond donors (Lipinski definition) is 4. The predicted octanol–water partition coefficient (Wildman–Crippen LogP) is 1.74. The Bertz CT molecular complexity index is 1570. The second kappa shape index (κ2) is 8.17. The van der Waals surface area contributed by atoms with E-state index in [1.165, 1.54) is 28.9 Å². The number of halogens is 4. The molecule has 0 amide bonds. The van der Waals surface area contributed by atoms with Crippen molar-refractivity contribution in [2.45, 2.75) is 31.6 Å². The van der Waals surface area contributed by atoms with Gasteiger partial charge in [0.2, 0.25) is 11.8 Å². The van der Waals surface area contributed by atoms with Crippen molar-refractivity contribution in [2.75, 3.05) is 5.32 Å². The summed E-state index contributed by atoms with van der Waals surface area (Å²) >= 11 is 5.69. The van der Waals surface area contributed by atoms with E-state index in [0.29, 0.717) is 16.4 Å². The molecule has 3 aromatic heterocycles. The van der Waals surface area contributed by atoms with Gasteiger partial charge in [-0.2, -0.15) is 32.8 Å². The molecular formula is C20H16ClF3N8O2. The molecule has 14 heteroatoms. The zero-order chi connectivity index (χ0) is 24.0. The maximum absolute atomic E-state index is 13.2. The molecule has 176 valence electrons. The maximum atomic E-state index is 13.2. The molecule has 3 heterocycles. The molecule has 5 rings (SSSR count). The highest BCUT2D eigenvalue weighted by Crippen LogP contribution is 2.35. The Morgan fingerprint density at radius 1 is 1.29 bits per heavy atom. The average molecular weight is 493 g/mol. The van der Waals surface area contributed by atoms with Crippen LogP contribution in [0.15, 0.2) is 34.2 Å². The highest BCUT2D eigenvalue weighted by atomic mass is 35.5. The van der Waals surface area contributed by atoms with Gasteiger partial charge in [-0.15, -0.1) is 0 Å². The van der Waals surface area contributed by atoms with Crippen LogP contribution in [0.5, 0.6) is 5.88 Å². The van der Waals surface area contributed by atoms with Crippen LogP contribution in [-0.2, 0) is 12.7 Å². The Balaban J connectivity index is 1.54. The number of benzene rings is 1. The monoisotopic (exact) mass is 492 g/mol. The van der Waals surface area contributed by atoms with E-state index in [-0.39, 0.29) is 40.7 Å². The van der Waals surface area contributed by atoms with E-state index in [9.17, 15) is 23.1 Å². The number of nitrogens with one attached hydrogen (secondary N) is 3. The first-order valence-electron chi connectivity index (χ1n) is 10.1. The van der Waals surface area contributed by atoms with Crippen LogP contribution in [0.4, 0.5) is 19.1 Å². The number of fused-ring (bicyclic) bond motifs is 1. The summed E-state index contributed by atoms with van der Waals surface area (Å²) in [6.45, 7) is -0.00159. The topological polar surface area (TPSA) is 136 Å². The third kappa shape index (κ3) is 4.46. The standard InChI is InChI=1S/C20H16ClF3N8O2/c21-13-4-1-9(5-12(13)20(22,23)24)7-25-17-29-15-10(6-14-16(33)30-19(34)28-14)8-26-32(15)18(31-17)27-11-2-3-11/h1,4-6,8,11,33H,2-3,7H2,(H,25,27,31)(H2,28,30,34). The van der Waals surface area contributed by atoms with E-state index in [0.717, 1.165) is 18.9 Å². The van der Waals surface area contributed by atoms with E-state index >= 15 is 0 Å². The highest BCUT2D eigenvalue weighted by Gasteiger charge is 2.33. The van der Waals surface area contributed by atoms with Crippen LogP contribution < -0.4 is 21.8 Å². The zero-order valence-corrected chi connectivity index (χ0v) is 17.9. The number of aromatic amines is 2. The van der Waals surface area contributed by atoms with Crippen molar-refractivity contribution in [2.24, 2.45) is 4.99 Å². The molecule has 0 bridgehead atoms. The van der Waals surface area contributed by atoms with Crippen molar-refractivity contribution < 1.29 is 18.3 Å². The quantitative estimate of drug-likeness (QED) is 0.335. The fraction of sp³-hybridized carbons (Fsp3) is 0.250. The van der Waals surface area contributed by atoms with Gasteiger partial charge in [0.25, 0.3) is 5.62 Å². The summed E-state index contributed by atoms with van der Waals surface area (Å²) in [7, 11) is 0. The first kappa shape index (κ1) is 21.9. The molecular weight excluding hydrogens is 477 g/mol. The van der Waals surface area contributed by atoms with Crippen molar-refractivity contribution in [1.29, 1.82) is 0 Å². The number of rotatable bonds is 5. The second-order valence-electron chi connectivity index (χ2n) is 7.69. The minimum Gasteiger partial charge on any atom is -0.493 e. The van der Waals surface area contributed by atoms with Gasteiger partial charge >= 0.3 is 11.9 Å². The van der Waals surface area contributed by atoms with Gasteiger partial charge in [-0.25, -0.2) is 9.79 Å². The molecule has 0 aliphatic heterocycles. The van der Waals surface area contributed by atoms with E-state index in [2.05, 4.69) is 35.3 Å². The fourth-order valence-electron chi connectivity index (χ4n) is 3.24. The number of nitrogens with zero attached hydrogens (tertiary/aromatic N) is 5. The Labute approximate surface area is 192 Å². The number of hydrogen-bond acceptors (Lipinski definition) is 7. The minimum absolute atomic E-state index is 0.00159. The second-order valence-corrected chi connectivity index (χ2v) is 8.10. The molecule has 4 aromatic rings. The lowest BCUT2D eigenvalue weighted by Crippen LogP contribution is -2.24. The van der Waals surface area contributed by atoms with Crippen molar-refractivity contribution in [3.63, 3.8) is 0 Å². The van der Waals surface area contributed by atoms with Crippen LogP contribution in [0.2, 0.25) is 5.02 Å². The van der Waals surface area contributed by atoms with Crippen LogP contribution >= 0.6 is 11.6 Å². The number of aromatic nitrogens is 6.